The SMILES string of the molecule is CCCCO[Si](OC)c1ccccc1C. The summed E-state index contributed by atoms with van der Waals surface area (Å²) in [6, 6.07) is 8.27. The quantitative estimate of drug-likeness (QED) is 0.543. The molecule has 83 valence electrons. The highest BCUT2D eigenvalue weighted by atomic mass is 28.3. The first kappa shape index (κ1) is 12.4. The molecular formula is C12H19O2Si. The van der Waals surface area contributed by atoms with E-state index in [9.17, 15) is 0 Å². The number of aryl methyl sites for hydroxylation is 1. The highest BCUT2D eigenvalue weighted by molar-refractivity contribution is 6.61. The van der Waals surface area contributed by atoms with E-state index in [1.54, 1.807) is 7.11 Å². The zero-order chi connectivity index (χ0) is 11.1. The third-order valence-electron chi connectivity index (χ3n) is 2.28. The maximum atomic E-state index is 5.78. The molecule has 1 rings (SSSR count). The summed E-state index contributed by atoms with van der Waals surface area (Å²) in [5, 5.41) is 1.22. The Morgan fingerprint density at radius 3 is 2.60 bits per heavy atom. The average molecular weight is 223 g/mol. The number of hydrogen-bond acceptors (Lipinski definition) is 2. The smallest absolute Gasteiger partial charge is 0.393 e. The van der Waals surface area contributed by atoms with Crippen LogP contribution in [0.3, 0.4) is 0 Å². The summed E-state index contributed by atoms with van der Waals surface area (Å²) >= 11 is 0. The molecule has 1 aromatic rings. The molecule has 2 nitrogen and oxygen atoms in total. The van der Waals surface area contributed by atoms with Crippen LogP contribution in [0.1, 0.15) is 25.3 Å². The van der Waals surface area contributed by atoms with E-state index < -0.39 is 9.28 Å². The van der Waals surface area contributed by atoms with Crippen molar-refractivity contribution in [1.82, 2.24) is 0 Å². The Hall–Kier alpha value is -0.643. The second kappa shape index (κ2) is 6.77. The minimum atomic E-state index is -1.26. The first-order chi connectivity index (χ1) is 7.29. The topological polar surface area (TPSA) is 18.5 Å². The predicted octanol–water partition coefficient (Wildman–Crippen LogP) is 2.15. The molecule has 0 aromatic heterocycles. The molecule has 0 aliphatic carbocycles. The van der Waals surface area contributed by atoms with Gasteiger partial charge < -0.3 is 8.85 Å². The minimum Gasteiger partial charge on any atom is -0.393 e. The van der Waals surface area contributed by atoms with Gasteiger partial charge in [-0.15, -0.1) is 0 Å². The van der Waals surface area contributed by atoms with Crippen LogP contribution in [-0.2, 0) is 8.85 Å². The molecule has 0 unspecified atom stereocenters. The zero-order valence-electron chi connectivity index (χ0n) is 9.75. The molecule has 1 aromatic carbocycles. The molecule has 0 bridgehead atoms. The first-order valence-corrected chi connectivity index (χ1v) is 6.71. The van der Waals surface area contributed by atoms with Crippen molar-refractivity contribution in [1.29, 1.82) is 0 Å². The van der Waals surface area contributed by atoms with Crippen molar-refractivity contribution in [3.05, 3.63) is 29.8 Å². The zero-order valence-corrected chi connectivity index (χ0v) is 10.7. The lowest BCUT2D eigenvalue weighted by Crippen LogP contribution is -2.37. The Kier molecular flexibility index (Phi) is 5.61. The summed E-state index contributed by atoms with van der Waals surface area (Å²) in [6.45, 7) is 5.06. The molecule has 0 amide bonds. The maximum absolute atomic E-state index is 5.78. The maximum Gasteiger partial charge on any atom is 0.423 e. The van der Waals surface area contributed by atoms with Crippen molar-refractivity contribution in [2.75, 3.05) is 13.7 Å². The van der Waals surface area contributed by atoms with E-state index in [1.807, 2.05) is 12.1 Å². The molecule has 0 fully saturated rings. The van der Waals surface area contributed by atoms with Gasteiger partial charge in [0, 0.05) is 13.7 Å². The molecule has 0 aliphatic heterocycles. The largest absolute Gasteiger partial charge is 0.423 e. The molecule has 0 saturated carbocycles. The van der Waals surface area contributed by atoms with Crippen LogP contribution in [0.4, 0.5) is 0 Å². The van der Waals surface area contributed by atoms with Gasteiger partial charge in [-0.05, 0) is 24.1 Å². The van der Waals surface area contributed by atoms with E-state index >= 15 is 0 Å². The predicted molar refractivity (Wildman–Crippen MR) is 64.4 cm³/mol. The van der Waals surface area contributed by atoms with Gasteiger partial charge in [0.25, 0.3) is 0 Å². The molecule has 0 N–H and O–H groups in total. The van der Waals surface area contributed by atoms with Gasteiger partial charge >= 0.3 is 9.28 Å². The van der Waals surface area contributed by atoms with E-state index in [4.69, 9.17) is 8.85 Å². The van der Waals surface area contributed by atoms with E-state index in [0.29, 0.717) is 0 Å². The van der Waals surface area contributed by atoms with Crippen molar-refractivity contribution in [3.63, 3.8) is 0 Å². The second-order valence-corrected chi connectivity index (χ2v) is 5.32. The lowest BCUT2D eigenvalue weighted by Gasteiger charge is -2.14. The van der Waals surface area contributed by atoms with Crippen LogP contribution in [0.25, 0.3) is 0 Å². The van der Waals surface area contributed by atoms with Crippen LogP contribution in [0.15, 0.2) is 24.3 Å². The Balaban J connectivity index is 2.61. The number of rotatable bonds is 6. The Morgan fingerprint density at radius 1 is 1.27 bits per heavy atom. The van der Waals surface area contributed by atoms with Crippen LogP contribution in [-0.4, -0.2) is 23.0 Å². The van der Waals surface area contributed by atoms with Crippen LogP contribution in [0.5, 0.6) is 0 Å². The van der Waals surface area contributed by atoms with Crippen molar-refractivity contribution in [2.45, 2.75) is 26.7 Å². The molecule has 3 heteroatoms. The van der Waals surface area contributed by atoms with Gasteiger partial charge in [-0.25, -0.2) is 0 Å². The summed E-state index contributed by atoms with van der Waals surface area (Å²) in [6.07, 6.45) is 2.26. The highest BCUT2D eigenvalue weighted by Crippen LogP contribution is 1.99. The van der Waals surface area contributed by atoms with Gasteiger partial charge in [-0.1, -0.05) is 37.6 Å². The Bertz CT molecular complexity index is 289. The van der Waals surface area contributed by atoms with Crippen LogP contribution in [0, 0.1) is 6.92 Å². The molecule has 0 saturated heterocycles. The molecule has 0 heterocycles. The number of benzene rings is 1. The van der Waals surface area contributed by atoms with E-state index in [-0.39, 0.29) is 0 Å². The monoisotopic (exact) mass is 223 g/mol. The van der Waals surface area contributed by atoms with Gasteiger partial charge in [-0.2, -0.15) is 0 Å². The molecule has 0 atom stereocenters. The Labute approximate surface area is 94.1 Å². The van der Waals surface area contributed by atoms with Crippen molar-refractivity contribution < 1.29 is 8.85 Å². The summed E-state index contributed by atoms with van der Waals surface area (Å²) in [5.41, 5.74) is 1.25. The van der Waals surface area contributed by atoms with Crippen LogP contribution < -0.4 is 5.19 Å². The molecule has 15 heavy (non-hydrogen) atoms. The number of unbranched alkanes of at least 4 members (excludes halogenated alkanes) is 1. The van der Waals surface area contributed by atoms with Crippen LogP contribution in [0.2, 0.25) is 0 Å². The fourth-order valence-electron chi connectivity index (χ4n) is 1.36. The van der Waals surface area contributed by atoms with Gasteiger partial charge in [-0.3, -0.25) is 0 Å². The standard InChI is InChI=1S/C12H19O2Si/c1-4-5-10-14-15(13-3)12-9-7-6-8-11(12)2/h6-9H,4-5,10H2,1-3H3. The molecule has 0 spiro atoms. The summed E-state index contributed by atoms with van der Waals surface area (Å²) in [4.78, 5) is 0. The van der Waals surface area contributed by atoms with Gasteiger partial charge in [0.2, 0.25) is 0 Å². The van der Waals surface area contributed by atoms with Gasteiger partial charge in [0.05, 0.1) is 0 Å². The normalized spacial score (nSPS) is 10.9. The second-order valence-electron chi connectivity index (χ2n) is 3.51. The van der Waals surface area contributed by atoms with Crippen LogP contribution >= 0.6 is 0 Å². The van der Waals surface area contributed by atoms with E-state index in [2.05, 4.69) is 26.0 Å². The average Bonchev–Trinajstić information content (AvgIpc) is 2.26. The molecule has 0 aliphatic rings. The lowest BCUT2D eigenvalue weighted by molar-refractivity contribution is 0.236. The van der Waals surface area contributed by atoms with Crippen molar-refractivity contribution >= 4 is 14.5 Å². The van der Waals surface area contributed by atoms with Gasteiger partial charge in [0.15, 0.2) is 0 Å². The Morgan fingerprint density at radius 2 is 2.00 bits per heavy atom. The third-order valence-corrected chi connectivity index (χ3v) is 4.12. The minimum absolute atomic E-state index is 0.799. The molecule has 1 radical (unpaired) electrons. The van der Waals surface area contributed by atoms with E-state index in [0.717, 1.165) is 19.4 Å². The fraction of sp³-hybridized carbons (Fsp3) is 0.500. The molecular weight excluding hydrogens is 204 g/mol. The highest BCUT2D eigenvalue weighted by Gasteiger charge is 2.18. The van der Waals surface area contributed by atoms with Gasteiger partial charge in [0.1, 0.15) is 0 Å². The summed E-state index contributed by atoms with van der Waals surface area (Å²) < 4.78 is 11.2. The fourth-order valence-corrected chi connectivity index (χ4v) is 2.82. The lowest BCUT2D eigenvalue weighted by atomic mass is 10.2. The van der Waals surface area contributed by atoms with Crippen molar-refractivity contribution in [3.8, 4) is 0 Å². The third kappa shape index (κ3) is 3.78. The first-order valence-electron chi connectivity index (χ1n) is 5.39. The van der Waals surface area contributed by atoms with Crippen molar-refractivity contribution in [2.24, 2.45) is 0 Å². The summed E-state index contributed by atoms with van der Waals surface area (Å²) in [7, 11) is 0.465. The van der Waals surface area contributed by atoms with E-state index in [1.165, 1.54) is 10.8 Å². The summed E-state index contributed by atoms with van der Waals surface area (Å²) in [5.74, 6) is 0. The number of hydrogen-bond donors (Lipinski definition) is 0.